The number of nitrogens with one attached hydrogen (secondary N) is 1. The SMILES string of the molecule is C=CCNC(=O)C(C)Sc1nc2ccccc2n1C(F)F. The smallest absolute Gasteiger partial charge is 0.321 e. The van der Waals surface area contributed by atoms with E-state index in [-0.39, 0.29) is 11.1 Å². The summed E-state index contributed by atoms with van der Waals surface area (Å²) in [7, 11) is 0. The number of carbonyl (C=O) groups excluding carboxylic acids is 1. The number of benzene rings is 1. The standard InChI is InChI=1S/C14H15F2N3OS/c1-3-8-17-12(20)9(2)21-14-18-10-6-4-5-7-11(10)19(14)13(15)16/h3-7,9,13H,1,8H2,2H3,(H,17,20). The molecule has 7 heteroatoms. The third-order valence-corrected chi connectivity index (χ3v) is 3.90. The second-order valence-electron chi connectivity index (χ2n) is 4.32. The van der Waals surface area contributed by atoms with E-state index in [2.05, 4.69) is 16.9 Å². The van der Waals surface area contributed by atoms with E-state index in [1.807, 2.05) is 0 Å². The zero-order valence-electron chi connectivity index (χ0n) is 11.4. The first-order chi connectivity index (χ1) is 10.0. The highest BCUT2D eigenvalue weighted by Crippen LogP contribution is 2.31. The molecule has 1 aromatic carbocycles. The van der Waals surface area contributed by atoms with Crippen molar-refractivity contribution in [2.75, 3.05) is 6.54 Å². The van der Waals surface area contributed by atoms with Crippen LogP contribution in [0.1, 0.15) is 13.5 Å². The Morgan fingerprint density at radius 1 is 1.52 bits per heavy atom. The van der Waals surface area contributed by atoms with Gasteiger partial charge < -0.3 is 5.32 Å². The number of rotatable bonds is 6. The number of amides is 1. The van der Waals surface area contributed by atoms with E-state index in [4.69, 9.17) is 0 Å². The van der Waals surface area contributed by atoms with Crippen LogP contribution in [0.5, 0.6) is 0 Å². The summed E-state index contributed by atoms with van der Waals surface area (Å²) in [5, 5.41) is 2.24. The number of alkyl halides is 2. The Balaban J connectivity index is 2.27. The van der Waals surface area contributed by atoms with Crippen LogP contribution in [0.4, 0.5) is 8.78 Å². The molecular weight excluding hydrogens is 296 g/mol. The van der Waals surface area contributed by atoms with Crippen molar-refractivity contribution >= 4 is 28.7 Å². The summed E-state index contributed by atoms with van der Waals surface area (Å²) in [6.07, 6.45) is 1.56. The predicted molar refractivity (Wildman–Crippen MR) is 79.5 cm³/mol. The molecule has 2 rings (SSSR count). The molecule has 0 aliphatic rings. The first-order valence-electron chi connectivity index (χ1n) is 6.35. The number of carbonyl (C=O) groups is 1. The van der Waals surface area contributed by atoms with Gasteiger partial charge in [-0.05, 0) is 19.1 Å². The fourth-order valence-electron chi connectivity index (χ4n) is 1.82. The molecule has 1 atom stereocenters. The topological polar surface area (TPSA) is 46.9 Å². The van der Waals surface area contributed by atoms with Gasteiger partial charge in [-0.15, -0.1) is 6.58 Å². The largest absolute Gasteiger partial charge is 0.352 e. The van der Waals surface area contributed by atoms with Crippen molar-refractivity contribution in [3.05, 3.63) is 36.9 Å². The van der Waals surface area contributed by atoms with E-state index in [1.165, 1.54) is 0 Å². The van der Waals surface area contributed by atoms with Crippen LogP contribution in [-0.2, 0) is 4.79 Å². The van der Waals surface area contributed by atoms with Gasteiger partial charge in [0.25, 0.3) is 0 Å². The van der Waals surface area contributed by atoms with Gasteiger partial charge in [-0.1, -0.05) is 30.0 Å². The number of imidazole rings is 1. The quantitative estimate of drug-likeness (QED) is 0.658. The van der Waals surface area contributed by atoms with Gasteiger partial charge in [0.15, 0.2) is 5.16 Å². The molecule has 0 aliphatic heterocycles. The lowest BCUT2D eigenvalue weighted by Gasteiger charge is -2.12. The van der Waals surface area contributed by atoms with Gasteiger partial charge in [-0.3, -0.25) is 9.36 Å². The summed E-state index contributed by atoms with van der Waals surface area (Å²) in [5.41, 5.74) is 0.840. The summed E-state index contributed by atoms with van der Waals surface area (Å²) in [4.78, 5) is 16.0. The fourth-order valence-corrected chi connectivity index (χ4v) is 2.77. The highest BCUT2D eigenvalue weighted by molar-refractivity contribution is 8.00. The number of fused-ring (bicyclic) bond motifs is 1. The van der Waals surface area contributed by atoms with Crippen molar-refractivity contribution in [3.8, 4) is 0 Å². The number of para-hydroxylation sites is 2. The molecule has 1 N–H and O–H groups in total. The number of hydrogen-bond acceptors (Lipinski definition) is 3. The minimum Gasteiger partial charge on any atom is -0.352 e. The third-order valence-electron chi connectivity index (χ3n) is 2.83. The molecule has 0 bridgehead atoms. The van der Waals surface area contributed by atoms with Crippen LogP contribution < -0.4 is 5.32 Å². The molecular formula is C14H15F2N3OS. The Hall–Kier alpha value is -1.89. The molecule has 1 unspecified atom stereocenters. The lowest BCUT2D eigenvalue weighted by molar-refractivity contribution is -0.120. The molecule has 0 aliphatic carbocycles. The maximum Gasteiger partial charge on any atom is 0.321 e. The number of nitrogens with zero attached hydrogens (tertiary/aromatic N) is 2. The molecule has 1 amide bonds. The molecule has 0 fully saturated rings. The molecule has 0 spiro atoms. The number of hydrogen-bond donors (Lipinski definition) is 1. The highest BCUT2D eigenvalue weighted by atomic mass is 32.2. The third kappa shape index (κ3) is 3.41. The molecule has 4 nitrogen and oxygen atoms in total. The number of halogens is 2. The van der Waals surface area contributed by atoms with Crippen molar-refractivity contribution in [2.45, 2.75) is 23.9 Å². The summed E-state index contributed by atoms with van der Waals surface area (Å²) in [6.45, 7) is 2.79. The second-order valence-corrected chi connectivity index (χ2v) is 5.63. The average molecular weight is 311 g/mol. The second kappa shape index (κ2) is 6.71. The monoisotopic (exact) mass is 311 g/mol. The maximum atomic E-state index is 13.2. The number of thioether (sulfide) groups is 1. The fraction of sp³-hybridized carbons (Fsp3) is 0.286. The maximum absolute atomic E-state index is 13.2. The summed E-state index contributed by atoms with van der Waals surface area (Å²) in [5.74, 6) is -0.243. The van der Waals surface area contributed by atoms with Crippen LogP contribution in [0, 0.1) is 0 Å². The van der Waals surface area contributed by atoms with Crippen LogP contribution in [0.2, 0.25) is 0 Å². The van der Waals surface area contributed by atoms with Crippen molar-refractivity contribution in [3.63, 3.8) is 0 Å². The summed E-state index contributed by atoms with van der Waals surface area (Å²) < 4.78 is 27.3. The molecule has 0 saturated heterocycles. The lowest BCUT2D eigenvalue weighted by atomic mass is 10.3. The van der Waals surface area contributed by atoms with Gasteiger partial charge >= 0.3 is 6.55 Å². The first kappa shape index (κ1) is 15.5. The van der Waals surface area contributed by atoms with Gasteiger partial charge in [0.05, 0.1) is 16.3 Å². The molecule has 112 valence electrons. The predicted octanol–water partition coefficient (Wildman–Crippen LogP) is 3.21. The Morgan fingerprint density at radius 2 is 2.24 bits per heavy atom. The normalized spacial score (nSPS) is 12.6. The average Bonchev–Trinajstić information content (AvgIpc) is 2.82. The van der Waals surface area contributed by atoms with E-state index in [9.17, 15) is 13.6 Å². The van der Waals surface area contributed by atoms with E-state index >= 15 is 0 Å². The zero-order valence-corrected chi connectivity index (χ0v) is 12.2. The van der Waals surface area contributed by atoms with Crippen LogP contribution in [0.15, 0.2) is 42.1 Å². The van der Waals surface area contributed by atoms with Gasteiger partial charge in [-0.25, -0.2) is 4.98 Å². The van der Waals surface area contributed by atoms with Crippen molar-refractivity contribution in [1.82, 2.24) is 14.9 Å². The van der Waals surface area contributed by atoms with Crippen LogP contribution in [0.3, 0.4) is 0 Å². The molecule has 21 heavy (non-hydrogen) atoms. The minimum atomic E-state index is -2.71. The van der Waals surface area contributed by atoms with Crippen molar-refractivity contribution in [1.29, 1.82) is 0 Å². The molecule has 2 aromatic rings. The van der Waals surface area contributed by atoms with Crippen LogP contribution >= 0.6 is 11.8 Å². The molecule has 0 radical (unpaired) electrons. The summed E-state index contributed by atoms with van der Waals surface area (Å²) in [6, 6.07) is 6.67. The lowest BCUT2D eigenvalue weighted by Crippen LogP contribution is -2.31. The van der Waals surface area contributed by atoms with Gasteiger partial charge in [-0.2, -0.15) is 8.78 Å². The Morgan fingerprint density at radius 3 is 2.90 bits per heavy atom. The van der Waals surface area contributed by atoms with E-state index in [0.717, 1.165) is 16.3 Å². The Bertz CT molecular complexity index is 657. The van der Waals surface area contributed by atoms with Gasteiger partial charge in [0.2, 0.25) is 5.91 Å². The minimum absolute atomic E-state index is 0.132. The van der Waals surface area contributed by atoms with Crippen molar-refractivity contribution in [2.24, 2.45) is 0 Å². The van der Waals surface area contributed by atoms with Crippen LogP contribution in [-0.4, -0.2) is 27.3 Å². The van der Waals surface area contributed by atoms with Crippen LogP contribution in [0.25, 0.3) is 11.0 Å². The first-order valence-corrected chi connectivity index (χ1v) is 7.23. The van der Waals surface area contributed by atoms with Crippen molar-refractivity contribution < 1.29 is 13.6 Å². The zero-order chi connectivity index (χ0) is 15.4. The van der Waals surface area contributed by atoms with E-state index in [1.54, 1.807) is 37.3 Å². The van der Waals surface area contributed by atoms with E-state index < -0.39 is 11.8 Å². The number of aromatic nitrogens is 2. The van der Waals surface area contributed by atoms with Gasteiger partial charge in [0.1, 0.15) is 0 Å². The molecule has 0 saturated carbocycles. The Kier molecular flexibility index (Phi) is 4.95. The van der Waals surface area contributed by atoms with E-state index in [0.29, 0.717) is 17.6 Å². The molecule has 1 heterocycles. The Labute approximate surface area is 125 Å². The highest BCUT2D eigenvalue weighted by Gasteiger charge is 2.22. The van der Waals surface area contributed by atoms with Gasteiger partial charge in [0, 0.05) is 6.54 Å². The molecule has 1 aromatic heterocycles. The summed E-state index contributed by atoms with van der Waals surface area (Å²) >= 11 is 1.01.